The monoisotopic (exact) mass is 286 g/mol. The summed E-state index contributed by atoms with van der Waals surface area (Å²) in [4.78, 5) is 0. The van der Waals surface area contributed by atoms with Crippen molar-refractivity contribution in [2.75, 3.05) is 24.8 Å². The first-order valence-electron chi connectivity index (χ1n) is 5.35. The highest BCUT2D eigenvalue weighted by atomic mass is 79.9. The zero-order valence-electron chi connectivity index (χ0n) is 9.96. The van der Waals surface area contributed by atoms with Crippen LogP contribution in [0.4, 0.5) is 11.4 Å². The Morgan fingerprint density at radius 2 is 2.12 bits per heavy atom. The maximum absolute atomic E-state index is 5.91. The molecule has 90 valence electrons. The van der Waals surface area contributed by atoms with Crippen LogP contribution in [-0.4, -0.2) is 19.8 Å². The Morgan fingerprint density at radius 1 is 1.44 bits per heavy atom. The molecule has 0 amide bonds. The molecular formula is C12H19BrN2O. The molecule has 4 heteroatoms. The summed E-state index contributed by atoms with van der Waals surface area (Å²) in [6.45, 7) is 4.99. The lowest BCUT2D eigenvalue weighted by atomic mass is 10.0. The number of benzene rings is 1. The molecule has 0 radical (unpaired) electrons. The summed E-state index contributed by atoms with van der Waals surface area (Å²) in [6, 6.07) is 6.07. The third-order valence-electron chi connectivity index (χ3n) is 2.51. The van der Waals surface area contributed by atoms with Gasteiger partial charge < -0.3 is 15.8 Å². The zero-order valence-corrected chi connectivity index (χ0v) is 11.5. The lowest BCUT2D eigenvalue weighted by Gasteiger charge is -2.23. The molecule has 0 aliphatic rings. The molecule has 0 aliphatic carbocycles. The predicted molar refractivity (Wildman–Crippen MR) is 72.7 cm³/mol. The molecular weight excluding hydrogens is 268 g/mol. The smallest absolute Gasteiger partial charge is 0.0666 e. The molecule has 0 aliphatic heterocycles. The third kappa shape index (κ3) is 3.68. The van der Waals surface area contributed by atoms with E-state index >= 15 is 0 Å². The van der Waals surface area contributed by atoms with Crippen LogP contribution < -0.4 is 11.1 Å². The maximum Gasteiger partial charge on any atom is 0.0666 e. The van der Waals surface area contributed by atoms with Crippen LogP contribution in [0.1, 0.15) is 13.8 Å². The van der Waals surface area contributed by atoms with Gasteiger partial charge >= 0.3 is 0 Å². The molecule has 3 nitrogen and oxygen atoms in total. The van der Waals surface area contributed by atoms with Gasteiger partial charge in [0.2, 0.25) is 0 Å². The van der Waals surface area contributed by atoms with Gasteiger partial charge in [-0.1, -0.05) is 29.8 Å². The van der Waals surface area contributed by atoms with Gasteiger partial charge in [-0.15, -0.1) is 0 Å². The van der Waals surface area contributed by atoms with Crippen LogP contribution in [0.15, 0.2) is 22.7 Å². The Balaban J connectivity index is 2.80. The number of hydrogen-bond acceptors (Lipinski definition) is 3. The first kappa shape index (κ1) is 13.3. The first-order valence-corrected chi connectivity index (χ1v) is 6.14. The molecule has 0 heterocycles. The van der Waals surface area contributed by atoms with Crippen LogP contribution in [0.5, 0.6) is 0 Å². The number of methoxy groups -OCH3 is 1. The van der Waals surface area contributed by atoms with Crippen LogP contribution >= 0.6 is 15.9 Å². The average molecular weight is 287 g/mol. The van der Waals surface area contributed by atoms with Crippen LogP contribution in [0.3, 0.4) is 0 Å². The lowest BCUT2D eigenvalue weighted by molar-refractivity contribution is 0.171. The van der Waals surface area contributed by atoms with Gasteiger partial charge in [0.05, 0.1) is 24.0 Å². The van der Waals surface area contributed by atoms with Crippen molar-refractivity contribution in [3.05, 3.63) is 22.7 Å². The fourth-order valence-corrected chi connectivity index (χ4v) is 1.79. The van der Waals surface area contributed by atoms with E-state index in [1.54, 1.807) is 7.11 Å². The number of nitrogens with two attached hydrogens (primary N) is 1. The van der Waals surface area contributed by atoms with Gasteiger partial charge in [0.15, 0.2) is 0 Å². The summed E-state index contributed by atoms with van der Waals surface area (Å²) in [6.07, 6.45) is 0. The third-order valence-corrected chi connectivity index (χ3v) is 3.00. The number of anilines is 2. The Kier molecular flexibility index (Phi) is 5.09. The number of rotatable bonds is 5. The summed E-state index contributed by atoms with van der Waals surface area (Å²) >= 11 is 3.44. The van der Waals surface area contributed by atoms with Crippen molar-refractivity contribution in [3.63, 3.8) is 0 Å². The predicted octanol–water partition coefficient (Wildman–Crippen LogP) is 3.11. The Bertz CT molecular complexity index is 342. The van der Waals surface area contributed by atoms with Crippen molar-refractivity contribution in [3.8, 4) is 0 Å². The molecule has 1 aromatic rings. The van der Waals surface area contributed by atoms with Crippen molar-refractivity contribution in [2.45, 2.75) is 19.9 Å². The van der Waals surface area contributed by atoms with Gasteiger partial charge in [-0.05, 0) is 24.1 Å². The second kappa shape index (κ2) is 6.11. The van der Waals surface area contributed by atoms with E-state index in [0.29, 0.717) is 12.5 Å². The van der Waals surface area contributed by atoms with Gasteiger partial charge in [0, 0.05) is 11.6 Å². The Hall–Kier alpha value is -0.740. The quantitative estimate of drug-likeness (QED) is 0.818. The normalized spacial score (nSPS) is 12.8. The molecule has 0 saturated heterocycles. The largest absolute Gasteiger partial charge is 0.397 e. The minimum Gasteiger partial charge on any atom is -0.397 e. The fraction of sp³-hybridized carbons (Fsp3) is 0.500. The molecule has 1 rings (SSSR count). The van der Waals surface area contributed by atoms with Gasteiger partial charge in [-0.3, -0.25) is 0 Å². The van der Waals surface area contributed by atoms with Gasteiger partial charge in [0.25, 0.3) is 0 Å². The van der Waals surface area contributed by atoms with Crippen LogP contribution in [-0.2, 0) is 4.74 Å². The Morgan fingerprint density at radius 3 is 2.69 bits per heavy atom. The van der Waals surface area contributed by atoms with Crippen molar-refractivity contribution in [1.29, 1.82) is 0 Å². The van der Waals surface area contributed by atoms with E-state index in [-0.39, 0.29) is 6.04 Å². The minimum atomic E-state index is 0.265. The van der Waals surface area contributed by atoms with E-state index in [9.17, 15) is 0 Å². The maximum atomic E-state index is 5.91. The standard InChI is InChI=1S/C12H19BrN2O/c1-8(2)12(7-16-3)15-11-6-9(13)4-5-10(11)14/h4-6,8,12,15H,7,14H2,1-3H3. The van der Waals surface area contributed by atoms with E-state index in [1.807, 2.05) is 18.2 Å². The molecule has 1 aromatic carbocycles. The molecule has 0 aromatic heterocycles. The highest BCUT2D eigenvalue weighted by molar-refractivity contribution is 9.10. The van der Waals surface area contributed by atoms with Gasteiger partial charge in [-0.25, -0.2) is 0 Å². The van der Waals surface area contributed by atoms with E-state index in [1.165, 1.54) is 0 Å². The van der Waals surface area contributed by atoms with E-state index in [4.69, 9.17) is 10.5 Å². The highest BCUT2D eigenvalue weighted by Gasteiger charge is 2.14. The molecule has 3 N–H and O–H groups in total. The summed E-state index contributed by atoms with van der Waals surface area (Å²) in [5, 5.41) is 3.41. The first-order chi connectivity index (χ1) is 7.54. The molecule has 0 spiro atoms. The van der Waals surface area contributed by atoms with Crippen LogP contribution in [0, 0.1) is 5.92 Å². The van der Waals surface area contributed by atoms with Gasteiger partial charge in [-0.2, -0.15) is 0 Å². The summed E-state index contributed by atoms with van der Waals surface area (Å²) in [7, 11) is 1.71. The minimum absolute atomic E-state index is 0.265. The SMILES string of the molecule is COCC(Nc1cc(Br)ccc1N)C(C)C. The average Bonchev–Trinajstić information content (AvgIpc) is 2.22. The van der Waals surface area contributed by atoms with E-state index < -0.39 is 0 Å². The summed E-state index contributed by atoms with van der Waals surface area (Å²) in [5.41, 5.74) is 7.61. The number of ether oxygens (including phenoxy) is 1. The molecule has 1 unspecified atom stereocenters. The van der Waals surface area contributed by atoms with Crippen molar-refractivity contribution < 1.29 is 4.74 Å². The van der Waals surface area contributed by atoms with Crippen LogP contribution in [0.2, 0.25) is 0 Å². The second-order valence-corrected chi connectivity index (χ2v) is 5.10. The topological polar surface area (TPSA) is 47.3 Å². The van der Waals surface area contributed by atoms with Crippen molar-refractivity contribution in [2.24, 2.45) is 5.92 Å². The van der Waals surface area contributed by atoms with Crippen LogP contribution in [0.25, 0.3) is 0 Å². The number of hydrogen-bond donors (Lipinski definition) is 2. The highest BCUT2D eigenvalue weighted by Crippen LogP contribution is 2.25. The molecule has 0 fully saturated rings. The fourth-order valence-electron chi connectivity index (χ4n) is 1.43. The van der Waals surface area contributed by atoms with E-state index in [0.717, 1.165) is 15.8 Å². The summed E-state index contributed by atoms with van der Waals surface area (Å²) in [5.74, 6) is 0.485. The molecule has 0 saturated carbocycles. The van der Waals surface area contributed by atoms with E-state index in [2.05, 4.69) is 35.1 Å². The number of halogens is 1. The second-order valence-electron chi connectivity index (χ2n) is 4.18. The van der Waals surface area contributed by atoms with Crippen molar-refractivity contribution in [1.82, 2.24) is 0 Å². The lowest BCUT2D eigenvalue weighted by Crippen LogP contribution is -2.30. The van der Waals surface area contributed by atoms with Gasteiger partial charge in [0.1, 0.15) is 0 Å². The summed E-state index contributed by atoms with van der Waals surface area (Å²) < 4.78 is 6.21. The zero-order chi connectivity index (χ0) is 12.1. The van der Waals surface area contributed by atoms with Crippen molar-refractivity contribution >= 4 is 27.3 Å². The number of nitrogens with one attached hydrogen (secondary N) is 1. The Labute approximate surface area is 105 Å². The molecule has 0 bridgehead atoms. The molecule has 1 atom stereocenters. The molecule has 16 heavy (non-hydrogen) atoms. The number of nitrogen functional groups attached to an aromatic ring is 1.